The summed E-state index contributed by atoms with van der Waals surface area (Å²) in [6.45, 7) is 3.88. The lowest BCUT2D eigenvalue weighted by Crippen LogP contribution is -2.39. The lowest BCUT2D eigenvalue weighted by Gasteiger charge is -2.31. The van der Waals surface area contributed by atoms with Gasteiger partial charge in [-0.25, -0.2) is 0 Å². The molecule has 0 aromatic heterocycles. The molecule has 188 valence electrons. The molecule has 0 unspecified atom stereocenters. The Bertz CT molecular complexity index is 966. The van der Waals surface area contributed by atoms with Crippen molar-refractivity contribution in [1.82, 2.24) is 15.1 Å². The van der Waals surface area contributed by atoms with Gasteiger partial charge in [-0.3, -0.25) is 14.5 Å². The van der Waals surface area contributed by atoms with E-state index in [1.54, 1.807) is 0 Å². The van der Waals surface area contributed by atoms with Crippen LogP contribution in [-0.4, -0.2) is 53.5 Å². The summed E-state index contributed by atoms with van der Waals surface area (Å²) in [4.78, 5) is 31.0. The van der Waals surface area contributed by atoms with Crippen LogP contribution in [0.5, 0.6) is 0 Å². The monoisotopic (exact) mass is 493 g/mol. The number of carbonyl (C=O) groups excluding carboxylic acids is 2. The zero-order valence-corrected chi connectivity index (χ0v) is 21.8. The normalized spacial score (nSPS) is 17.2. The minimum absolute atomic E-state index is 0.0985. The van der Waals surface area contributed by atoms with Gasteiger partial charge in [0.15, 0.2) is 0 Å². The molecule has 0 radical (unpaired) electrons. The van der Waals surface area contributed by atoms with Crippen LogP contribution < -0.4 is 5.32 Å². The standard InChI is InChI=1S/C29H39N3O2S/c1-31(25-10-4-2-5-11-25)28(33)22-35-27-13-7-6-12-26(27)29(34)30-20-23-14-16-24(17-15-23)21-32-18-8-3-9-19-32/h6-7,12-17,25H,2-5,8-11,18-22H2,1H3,(H,30,34). The highest BCUT2D eigenvalue weighted by Gasteiger charge is 2.22. The molecule has 5 nitrogen and oxygen atoms in total. The van der Waals surface area contributed by atoms with Crippen molar-refractivity contribution in [3.63, 3.8) is 0 Å². The van der Waals surface area contributed by atoms with Gasteiger partial charge in [-0.05, 0) is 62.0 Å². The minimum Gasteiger partial charge on any atom is -0.348 e. The van der Waals surface area contributed by atoms with Crippen LogP contribution in [-0.2, 0) is 17.9 Å². The SMILES string of the molecule is CN(C(=O)CSc1ccccc1C(=O)NCc1ccc(CN2CCCCC2)cc1)C1CCCCC1. The molecule has 0 spiro atoms. The third kappa shape index (κ3) is 7.58. The molecule has 4 rings (SSSR count). The second-order valence-electron chi connectivity index (χ2n) is 9.92. The molecule has 2 amide bonds. The first-order chi connectivity index (χ1) is 17.1. The molecular weight excluding hydrogens is 454 g/mol. The van der Waals surface area contributed by atoms with E-state index in [4.69, 9.17) is 0 Å². The molecular formula is C29H39N3O2S. The van der Waals surface area contributed by atoms with Crippen molar-refractivity contribution in [1.29, 1.82) is 0 Å². The largest absolute Gasteiger partial charge is 0.348 e. The molecule has 6 heteroatoms. The summed E-state index contributed by atoms with van der Waals surface area (Å²) in [5.74, 6) is 0.399. The van der Waals surface area contributed by atoms with Gasteiger partial charge in [0.05, 0.1) is 11.3 Å². The number of hydrogen-bond donors (Lipinski definition) is 1. The summed E-state index contributed by atoms with van der Waals surface area (Å²) in [5, 5.41) is 3.06. The predicted octanol–water partition coefficient (Wildman–Crippen LogP) is 5.49. The molecule has 0 bridgehead atoms. The Morgan fingerprint density at radius 1 is 0.914 bits per heavy atom. The second-order valence-corrected chi connectivity index (χ2v) is 10.9. The molecule has 1 heterocycles. The number of likely N-dealkylation sites (tertiary alicyclic amines) is 1. The van der Waals surface area contributed by atoms with Gasteiger partial charge in [-0.15, -0.1) is 11.8 Å². The summed E-state index contributed by atoms with van der Waals surface area (Å²) in [5.41, 5.74) is 3.05. The van der Waals surface area contributed by atoms with Gasteiger partial charge >= 0.3 is 0 Å². The average Bonchev–Trinajstić information content (AvgIpc) is 2.92. The van der Waals surface area contributed by atoms with Crippen molar-refractivity contribution >= 4 is 23.6 Å². The fourth-order valence-electron chi connectivity index (χ4n) is 5.11. The van der Waals surface area contributed by atoms with Crippen molar-refractivity contribution in [2.24, 2.45) is 0 Å². The van der Waals surface area contributed by atoms with Crippen LogP contribution in [0.4, 0.5) is 0 Å². The van der Waals surface area contributed by atoms with E-state index in [-0.39, 0.29) is 11.8 Å². The zero-order valence-electron chi connectivity index (χ0n) is 21.0. The predicted molar refractivity (Wildman–Crippen MR) is 144 cm³/mol. The first kappa shape index (κ1) is 25.8. The zero-order chi connectivity index (χ0) is 24.5. The third-order valence-electron chi connectivity index (χ3n) is 7.33. The van der Waals surface area contributed by atoms with E-state index in [2.05, 4.69) is 34.5 Å². The van der Waals surface area contributed by atoms with Crippen LogP contribution in [0.2, 0.25) is 0 Å². The third-order valence-corrected chi connectivity index (χ3v) is 8.39. The Kier molecular flexibility index (Phi) is 9.66. The summed E-state index contributed by atoms with van der Waals surface area (Å²) >= 11 is 1.46. The van der Waals surface area contributed by atoms with Crippen molar-refractivity contribution in [3.05, 3.63) is 65.2 Å². The van der Waals surface area contributed by atoms with E-state index in [0.29, 0.717) is 23.9 Å². The average molecular weight is 494 g/mol. The minimum atomic E-state index is -0.0985. The lowest BCUT2D eigenvalue weighted by atomic mass is 9.94. The van der Waals surface area contributed by atoms with Gasteiger partial charge in [0.25, 0.3) is 5.91 Å². The highest BCUT2D eigenvalue weighted by atomic mass is 32.2. The van der Waals surface area contributed by atoms with Gasteiger partial charge in [0.2, 0.25) is 5.91 Å². The summed E-state index contributed by atoms with van der Waals surface area (Å²) in [7, 11) is 1.93. The molecule has 2 aromatic rings. The quantitative estimate of drug-likeness (QED) is 0.470. The molecule has 1 aliphatic carbocycles. The Balaban J connectivity index is 1.27. The topological polar surface area (TPSA) is 52.7 Å². The van der Waals surface area contributed by atoms with Crippen LogP contribution >= 0.6 is 11.8 Å². The number of piperidine rings is 1. The maximum absolute atomic E-state index is 13.0. The van der Waals surface area contributed by atoms with Gasteiger partial charge in [-0.2, -0.15) is 0 Å². The number of amides is 2. The van der Waals surface area contributed by atoms with E-state index in [1.807, 2.05) is 36.2 Å². The van der Waals surface area contributed by atoms with E-state index >= 15 is 0 Å². The molecule has 1 aliphatic heterocycles. The van der Waals surface area contributed by atoms with Crippen molar-refractivity contribution in [2.45, 2.75) is 75.4 Å². The molecule has 2 aliphatic rings. The summed E-state index contributed by atoms with van der Waals surface area (Å²) < 4.78 is 0. The lowest BCUT2D eigenvalue weighted by molar-refractivity contribution is -0.129. The van der Waals surface area contributed by atoms with E-state index in [9.17, 15) is 9.59 Å². The fourth-order valence-corrected chi connectivity index (χ4v) is 6.08. The first-order valence-electron chi connectivity index (χ1n) is 13.2. The maximum atomic E-state index is 13.0. The Morgan fingerprint density at radius 3 is 2.31 bits per heavy atom. The highest BCUT2D eigenvalue weighted by Crippen LogP contribution is 2.26. The van der Waals surface area contributed by atoms with Crippen LogP contribution in [0.3, 0.4) is 0 Å². The molecule has 1 saturated carbocycles. The molecule has 2 aromatic carbocycles. The number of hydrogen-bond acceptors (Lipinski definition) is 4. The summed E-state index contributed by atoms with van der Waals surface area (Å²) in [6, 6.07) is 16.5. The Hall–Kier alpha value is -2.31. The summed E-state index contributed by atoms with van der Waals surface area (Å²) in [6.07, 6.45) is 9.85. The number of nitrogens with zero attached hydrogens (tertiary/aromatic N) is 2. The van der Waals surface area contributed by atoms with Gasteiger partial charge in [0.1, 0.15) is 0 Å². The Labute approximate surface area is 214 Å². The van der Waals surface area contributed by atoms with Crippen molar-refractivity contribution < 1.29 is 9.59 Å². The highest BCUT2D eigenvalue weighted by molar-refractivity contribution is 8.00. The van der Waals surface area contributed by atoms with Crippen LogP contribution in [0.1, 0.15) is 72.9 Å². The Morgan fingerprint density at radius 2 is 1.57 bits per heavy atom. The van der Waals surface area contributed by atoms with Crippen LogP contribution in [0.25, 0.3) is 0 Å². The fraction of sp³-hybridized carbons (Fsp3) is 0.517. The van der Waals surface area contributed by atoms with Crippen molar-refractivity contribution in [2.75, 3.05) is 25.9 Å². The number of rotatable bonds is 9. The molecule has 1 N–H and O–H groups in total. The molecule has 35 heavy (non-hydrogen) atoms. The number of thioether (sulfide) groups is 1. The molecule has 1 saturated heterocycles. The van der Waals surface area contributed by atoms with Crippen LogP contribution in [0.15, 0.2) is 53.4 Å². The number of benzene rings is 2. The molecule has 0 atom stereocenters. The smallest absolute Gasteiger partial charge is 0.252 e. The van der Waals surface area contributed by atoms with E-state index in [1.165, 1.54) is 68.9 Å². The number of nitrogens with one attached hydrogen (secondary N) is 1. The second kappa shape index (κ2) is 13.1. The van der Waals surface area contributed by atoms with Gasteiger partial charge in [0, 0.05) is 31.1 Å². The van der Waals surface area contributed by atoms with Gasteiger partial charge < -0.3 is 10.2 Å². The van der Waals surface area contributed by atoms with Crippen LogP contribution in [0, 0.1) is 0 Å². The van der Waals surface area contributed by atoms with Gasteiger partial charge in [-0.1, -0.05) is 62.1 Å². The number of carbonyl (C=O) groups is 2. The molecule has 2 fully saturated rings. The van der Waals surface area contributed by atoms with Crippen molar-refractivity contribution in [3.8, 4) is 0 Å². The maximum Gasteiger partial charge on any atom is 0.252 e. The van der Waals surface area contributed by atoms with E-state index in [0.717, 1.165) is 29.8 Å². The van der Waals surface area contributed by atoms with E-state index < -0.39 is 0 Å². The first-order valence-corrected chi connectivity index (χ1v) is 14.1.